The second-order valence-corrected chi connectivity index (χ2v) is 5.94. The van der Waals surface area contributed by atoms with Gasteiger partial charge in [0.1, 0.15) is 6.04 Å². The van der Waals surface area contributed by atoms with Crippen LogP contribution in [0.3, 0.4) is 0 Å². The van der Waals surface area contributed by atoms with E-state index >= 15 is 0 Å². The lowest BCUT2D eigenvalue weighted by Crippen LogP contribution is -2.42. The Hall–Kier alpha value is -2.33. The van der Waals surface area contributed by atoms with Gasteiger partial charge in [-0.15, -0.1) is 0 Å². The molecule has 23 heavy (non-hydrogen) atoms. The number of aliphatic carboxylic acids is 1. The van der Waals surface area contributed by atoms with Crippen LogP contribution in [0.15, 0.2) is 42.5 Å². The summed E-state index contributed by atoms with van der Waals surface area (Å²) in [4.78, 5) is 23.8. The van der Waals surface area contributed by atoms with Crippen molar-refractivity contribution in [1.82, 2.24) is 5.32 Å². The van der Waals surface area contributed by atoms with Crippen molar-refractivity contribution in [3.8, 4) is 0 Å². The van der Waals surface area contributed by atoms with Gasteiger partial charge in [-0.3, -0.25) is 4.79 Å². The maximum Gasteiger partial charge on any atom is 0.326 e. The molecule has 0 saturated heterocycles. The summed E-state index contributed by atoms with van der Waals surface area (Å²) in [6.07, 6.45) is 0.131. The number of carbonyl (C=O) groups is 2. The van der Waals surface area contributed by atoms with Crippen molar-refractivity contribution in [2.24, 2.45) is 0 Å². The number of carbonyl (C=O) groups excluding carboxylic acids is 1. The molecular weight excluding hydrogens is 314 g/mol. The van der Waals surface area contributed by atoms with E-state index < -0.39 is 17.9 Å². The minimum absolute atomic E-state index is 0.131. The van der Waals surface area contributed by atoms with Gasteiger partial charge in [0.15, 0.2) is 0 Å². The number of hydrogen-bond donors (Lipinski definition) is 2. The normalized spacial score (nSPS) is 11.8. The molecule has 0 spiro atoms. The van der Waals surface area contributed by atoms with Crippen molar-refractivity contribution in [1.29, 1.82) is 0 Å². The first-order valence-electron chi connectivity index (χ1n) is 7.22. The van der Waals surface area contributed by atoms with E-state index in [-0.39, 0.29) is 6.42 Å². The van der Waals surface area contributed by atoms with E-state index in [9.17, 15) is 14.7 Å². The minimum Gasteiger partial charge on any atom is -0.480 e. The Morgan fingerprint density at radius 1 is 1.13 bits per heavy atom. The quantitative estimate of drug-likeness (QED) is 0.882. The number of carboxylic acid groups (broad SMARTS) is 1. The Morgan fingerprint density at radius 2 is 1.74 bits per heavy atom. The van der Waals surface area contributed by atoms with Crippen molar-refractivity contribution in [2.75, 3.05) is 0 Å². The van der Waals surface area contributed by atoms with Gasteiger partial charge in [0.05, 0.1) is 0 Å². The maximum absolute atomic E-state index is 12.3. The molecule has 0 aliphatic heterocycles. The summed E-state index contributed by atoms with van der Waals surface area (Å²) >= 11 is 6.06. The summed E-state index contributed by atoms with van der Waals surface area (Å²) in [5.74, 6) is -1.50. The van der Waals surface area contributed by atoms with Crippen LogP contribution >= 0.6 is 11.6 Å². The zero-order chi connectivity index (χ0) is 17.0. The monoisotopic (exact) mass is 331 g/mol. The molecule has 5 heteroatoms. The number of rotatable bonds is 5. The van der Waals surface area contributed by atoms with Crippen molar-refractivity contribution < 1.29 is 14.7 Å². The van der Waals surface area contributed by atoms with E-state index in [0.717, 1.165) is 11.1 Å². The molecule has 2 N–H and O–H groups in total. The Kier molecular flexibility index (Phi) is 5.40. The molecule has 0 bridgehead atoms. The first-order chi connectivity index (χ1) is 10.9. The molecule has 4 nitrogen and oxygen atoms in total. The average molecular weight is 332 g/mol. The SMILES string of the molecule is Cc1cc(C)cc(C(=O)N[C@H](Cc2ccccc2Cl)C(=O)O)c1. The zero-order valence-electron chi connectivity index (χ0n) is 13.0. The van der Waals surface area contributed by atoms with Crippen LogP contribution in [-0.4, -0.2) is 23.0 Å². The van der Waals surface area contributed by atoms with Crippen molar-refractivity contribution in [3.63, 3.8) is 0 Å². The molecular formula is C18H18ClNO3. The average Bonchev–Trinajstić information content (AvgIpc) is 2.47. The molecule has 1 amide bonds. The van der Waals surface area contributed by atoms with E-state index in [2.05, 4.69) is 5.32 Å². The molecule has 1 atom stereocenters. The number of aryl methyl sites for hydroxylation is 2. The maximum atomic E-state index is 12.3. The molecule has 0 aromatic heterocycles. The molecule has 0 aliphatic rings. The van der Waals surface area contributed by atoms with E-state index in [0.29, 0.717) is 16.1 Å². The van der Waals surface area contributed by atoms with Crippen LogP contribution in [0.2, 0.25) is 5.02 Å². The van der Waals surface area contributed by atoms with E-state index in [1.807, 2.05) is 19.9 Å². The van der Waals surface area contributed by atoms with E-state index in [1.54, 1.807) is 36.4 Å². The van der Waals surface area contributed by atoms with Crippen molar-refractivity contribution in [3.05, 3.63) is 69.7 Å². The second-order valence-electron chi connectivity index (χ2n) is 5.54. The summed E-state index contributed by atoms with van der Waals surface area (Å²) in [5, 5.41) is 12.4. The van der Waals surface area contributed by atoms with Crippen LogP contribution in [-0.2, 0) is 11.2 Å². The molecule has 0 unspecified atom stereocenters. The lowest BCUT2D eigenvalue weighted by molar-refractivity contribution is -0.139. The fourth-order valence-corrected chi connectivity index (χ4v) is 2.64. The van der Waals surface area contributed by atoms with Crippen molar-refractivity contribution >= 4 is 23.5 Å². The van der Waals surface area contributed by atoms with Gasteiger partial charge in [-0.05, 0) is 37.6 Å². The fourth-order valence-electron chi connectivity index (χ4n) is 2.43. The molecule has 0 aliphatic carbocycles. The van der Waals surface area contributed by atoms with Gasteiger partial charge < -0.3 is 10.4 Å². The lowest BCUT2D eigenvalue weighted by Gasteiger charge is -2.16. The smallest absolute Gasteiger partial charge is 0.326 e. The molecule has 2 rings (SSSR count). The summed E-state index contributed by atoms with van der Waals surface area (Å²) in [7, 11) is 0. The highest BCUT2D eigenvalue weighted by molar-refractivity contribution is 6.31. The van der Waals surface area contributed by atoms with Crippen LogP contribution in [0.25, 0.3) is 0 Å². The lowest BCUT2D eigenvalue weighted by atomic mass is 10.0. The highest BCUT2D eigenvalue weighted by Crippen LogP contribution is 2.17. The summed E-state index contributed by atoms with van der Waals surface area (Å²) in [6, 6.07) is 11.4. The molecule has 0 heterocycles. The van der Waals surface area contributed by atoms with Crippen LogP contribution < -0.4 is 5.32 Å². The Labute approximate surface area is 140 Å². The number of halogens is 1. The number of carboxylic acids is 1. The molecule has 120 valence electrons. The third-order valence-corrected chi connectivity index (χ3v) is 3.84. The largest absolute Gasteiger partial charge is 0.480 e. The first kappa shape index (κ1) is 17.0. The molecule has 0 fully saturated rings. The summed E-state index contributed by atoms with van der Waals surface area (Å²) < 4.78 is 0. The Morgan fingerprint density at radius 3 is 2.30 bits per heavy atom. The topological polar surface area (TPSA) is 66.4 Å². The van der Waals surface area contributed by atoms with E-state index in [4.69, 9.17) is 11.6 Å². The second kappa shape index (κ2) is 7.29. The van der Waals surface area contributed by atoms with Gasteiger partial charge in [0.25, 0.3) is 5.91 Å². The highest BCUT2D eigenvalue weighted by Gasteiger charge is 2.22. The number of benzene rings is 2. The fraction of sp³-hybridized carbons (Fsp3) is 0.222. The van der Waals surface area contributed by atoms with Crippen LogP contribution in [0.1, 0.15) is 27.0 Å². The summed E-state index contributed by atoms with van der Waals surface area (Å²) in [5.41, 5.74) is 3.04. The van der Waals surface area contributed by atoms with Gasteiger partial charge in [-0.1, -0.05) is 47.0 Å². The standard InChI is InChI=1S/C18H18ClNO3/c1-11-7-12(2)9-14(8-11)17(21)20-16(18(22)23)10-13-5-3-4-6-15(13)19/h3-9,16H,10H2,1-2H3,(H,20,21)(H,22,23)/t16-/m1/s1. The van der Waals surface area contributed by atoms with Gasteiger partial charge in [-0.2, -0.15) is 0 Å². The first-order valence-corrected chi connectivity index (χ1v) is 7.60. The molecule has 2 aromatic carbocycles. The third-order valence-electron chi connectivity index (χ3n) is 3.47. The Balaban J connectivity index is 2.18. The number of hydrogen-bond acceptors (Lipinski definition) is 2. The summed E-state index contributed by atoms with van der Waals surface area (Å²) in [6.45, 7) is 3.78. The molecule has 0 radical (unpaired) electrons. The van der Waals surface area contributed by atoms with Gasteiger partial charge in [-0.25, -0.2) is 4.79 Å². The zero-order valence-corrected chi connectivity index (χ0v) is 13.7. The predicted molar refractivity (Wildman–Crippen MR) is 90.0 cm³/mol. The Bertz CT molecular complexity index is 723. The predicted octanol–water partition coefficient (Wildman–Crippen LogP) is 3.38. The highest BCUT2D eigenvalue weighted by atomic mass is 35.5. The van der Waals surface area contributed by atoms with Gasteiger partial charge >= 0.3 is 5.97 Å². The molecule has 2 aromatic rings. The van der Waals surface area contributed by atoms with Crippen molar-refractivity contribution in [2.45, 2.75) is 26.3 Å². The van der Waals surface area contributed by atoms with Gasteiger partial charge in [0.2, 0.25) is 0 Å². The molecule has 0 saturated carbocycles. The minimum atomic E-state index is -1.09. The third kappa shape index (κ3) is 4.57. The van der Waals surface area contributed by atoms with Crippen LogP contribution in [0.4, 0.5) is 0 Å². The van der Waals surface area contributed by atoms with Crippen LogP contribution in [0, 0.1) is 13.8 Å². The number of nitrogens with one attached hydrogen (secondary N) is 1. The van der Waals surface area contributed by atoms with E-state index in [1.165, 1.54) is 0 Å². The van der Waals surface area contributed by atoms with Crippen LogP contribution in [0.5, 0.6) is 0 Å². The van der Waals surface area contributed by atoms with Gasteiger partial charge in [0, 0.05) is 17.0 Å². The number of amides is 1.